The molecule has 2 aromatic carbocycles. The Morgan fingerprint density at radius 2 is 1.81 bits per heavy atom. The van der Waals surface area contributed by atoms with Gasteiger partial charge >= 0.3 is 0 Å². The fourth-order valence-corrected chi connectivity index (χ4v) is 4.16. The molecular weight excluding hydrogens is 407 g/mol. The molecule has 0 heterocycles. The van der Waals surface area contributed by atoms with Crippen LogP contribution in [-0.4, -0.2) is 35.4 Å². The predicted molar refractivity (Wildman–Crippen MR) is 123 cm³/mol. The molecule has 0 aliphatic heterocycles. The van der Waals surface area contributed by atoms with Crippen LogP contribution in [-0.2, 0) is 16.1 Å². The van der Waals surface area contributed by atoms with Gasteiger partial charge in [-0.1, -0.05) is 44.0 Å². The van der Waals surface area contributed by atoms with Gasteiger partial charge in [0.2, 0.25) is 5.91 Å². The number of hydrogen-bond donors (Lipinski definition) is 1. The summed E-state index contributed by atoms with van der Waals surface area (Å²) in [6, 6.07) is 11.4. The highest BCUT2D eigenvalue weighted by Crippen LogP contribution is 2.21. The van der Waals surface area contributed by atoms with E-state index in [4.69, 9.17) is 4.74 Å². The van der Waals surface area contributed by atoms with E-state index in [1.165, 1.54) is 12.1 Å². The summed E-state index contributed by atoms with van der Waals surface area (Å²) in [7, 11) is 0. The van der Waals surface area contributed by atoms with E-state index in [1.54, 1.807) is 17.0 Å². The Hall–Kier alpha value is -2.89. The Balaban J connectivity index is 1.77. The van der Waals surface area contributed by atoms with Crippen LogP contribution in [0.4, 0.5) is 4.39 Å². The minimum Gasteiger partial charge on any atom is -0.483 e. The molecule has 2 aromatic rings. The minimum absolute atomic E-state index is 0.137. The van der Waals surface area contributed by atoms with Crippen LogP contribution in [0, 0.1) is 19.7 Å². The molecule has 1 saturated carbocycles. The van der Waals surface area contributed by atoms with Crippen LogP contribution in [0.1, 0.15) is 55.7 Å². The first kappa shape index (κ1) is 23.8. The first-order chi connectivity index (χ1) is 15.4. The number of ether oxygens (including phenoxy) is 1. The summed E-state index contributed by atoms with van der Waals surface area (Å²) < 4.78 is 19.2. The van der Waals surface area contributed by atoms with E-state index in [9.17, 15) is 14.0 Å². The van der Waals surface area contributed by atoms with Crippen LogP contribution in [0.5, 0.6) is 5.75 Å². The average Bonchev–Trinajstić information content (AvgIpc) is 3.28. The van der Waals surface area contributed by atoms with E-state index in [2.05, 4.69) is 5.32 Å². The summed E-state index contributed by atoms with van der Waals surface area (Å²) in [5.74, 6) is -0.0929. The molecule has 1 aliphatic rings. The van der Waals surface area contributed by atoms with Crippen molar-refractivity contribution in [3.05, 3.63) is 65.0 Å². The maximum atomic E-state index is 13.4. The van der Waals surface area contributed by atoms with Gasteiger partial charge in [-0.15, -0.1) is 0 Å². The lowest BCUT2D eigenvalue weighted by atomic mass is 10.1. The lowest BCUT2D eigenvalue weighted by Crippen LogP contribution is -2.52. The number of rotatable bonds is 9. The molecular formula is C26H33FN2O3. The average molecular weight is 441 g/mol. The molecule has 0 spiro atoms. The van der Waals surface area contributed by atoms with E-state index in [0.29, 0.717) is 12.2 Å². The van der Waals surface area contributed by atoms with Gasteiger partial charge in [-0.25, -0.2) is 4.39 Å². The quantitative estimate of drug-likeness (QED) is 0.616. The molecule has 6 heteroatoms. The maximum Gasteiger partial charge on any atom is 0.261 e. The molecule has 0 bridgehead atoms. The van der Waals surface area contributed by atoms with Crippen LogP contribution in [0.15, 0.2) is 42.5 Å². The molecule has 0 saturated heterocycles. The Bertz CT molecular complexity index is 923. The monoisotopic (exact) mass is 440 g/mol. The predicted octanol–water partition coefficient (Wildman–Crippen LogP) is 4.69. The van der Waals surface area contributed by atoms with Crippen molar-refractivity contribution in [2.24, 2.45) is 0 Å². The van der Waals surface area contributed by atoms with Crippen molar-refractivity contribution in [1.82, 2.24) is 10.2 Å². The Labute approximate surface area is 190 Å². The van der Waals surface area contributed by atoms with Crippen molar-refractivity contribution in [1.29, 1.82) is 0 Å². The van der Waals surface area contributed by atoms with Gasteiger partial charge in [0.15, 0.2) is 6.61 Å². The molecule has 3 rings (SSSR count). The number of halogens is 1. The van der Waals surface area contributed by atoms with E-state index >= 15 is 0 Å². The first-order valence-electron chi connectivity index (χ1n) is 11.4. The molecule has 1 fully saturated rings. The molecule has 172 valence electrons. The van der Waals surface area contributed by atoms with E-state index in [0.717, 1.165) is 42.4 Å². The summed E-state index contributed by atoms with van der Waals surface area (Å²) in [6.07, 6.45) is 4.66. The van der Waals surface area contributed by atoms with Gasteiger partial charge in [0.1, 0.15) is 17.6 Å². The smallest absolute Gasteiger partial charge is 0.261 e. The second-order valence-corrected chi connectivity index (χ2v) is 8.62. The van der Waals surface area contributed by atoms with Gasteiger partial charge in [0.05, 0.1) is 0 Å². The zero-order valence-electron chi connectivity index (χ0n) is 19.2. The molecule has 1 N–H and O–H groups in total. The first-order valence-corrected chi connectivity index (χ1v) is 11.4. The number of amides is 2. The van der Waals surface area contributed by atoms with Crippen molar-refractivity contribution in [3.8, 4) is 5.75 Å². The second kappa shape index (κ2) is 11.1. The van der Waals surface area contributed by atoms with Gasteiger partial charge in [0.25, 0.3) is 5.91 Å². The third kappa shape index (κ3) is 6.31. The lowest BCUT2D eigenvalue weighted by molar-refractivity contribution is -0.143. The maximum absolute atomic E-state index is 13.4. The Morgan fingerprint density at radius 3 is 2.47 bits per heavy atom. The molecule has 1 atom stereocenters. The van der Waals surface area contributed by atoms with Crippen molar-refractivity contribution < 1.29 is 18.7 Å². The molecule has 32 heavy (non-hydrogen) atoms. The molecule has 1 unspecified atom stereocenters. The summed E-state index contributed by atoms with van der Waals surface area (Å²) >= 11 is 0. The zero-order chi connectivity index (χ0) is 23.1. The fraction of sp³-hybridized carbons (Fsp3) is 0.462. The third-order valence-electron chi connectivity index (χ3n) is 6.05. The summed E-state index contributed by atoms with van der Waals surface area (Å²) in [5.41, 5.74) is 2.75. The van der Waals surface area contributed by atoms with Crippen LogP contribution in [0.3, 0.4) is 0 Å². The van der Waals surface area contributed by atoms with Crippen molar-refractivity contribution >= 4 is 11.8 Å². The fourth-order valence-electron chi connectivity index (χ4n) is 4.16. The van der Waals surface area contributed by atoms with E-state index in [-0.39, 0.29) is 36.8 Å². The Morgan fingerprint density at radius 1 is 1.12 bits per heavy atom. The topological polar surface area (TPSA) is 58.6 Å². The van der Waals surface area contributed by atoms with Gasteiger partial charge < -0.3 is 15.0 Å². The van der Waals surface area contributed by atoms with Gasteiger partial charge in [-0.3, -0.25) is 9.59 Å². The number of nitrogens with one attached hydrogen (secondary N) is 1. The number of nitrogens with zero attached hydrogens (tertiary/aromatic N) is 1. The minimum atomic E-state index is -0.615. The molecule has 5 nitrogen and oxygen atoms in total. The van der Waals surface area contributed by atoms with Gasteiger partial charge in [-0.05, 0) is 68.0 Å². The van der Waals surface area contributed by atoms with Crippen LogP contribution >= 0.6 is 0 Å². The molecule has 0 aromatic heterocycles. The third-order valence-corrected chi connectivity index (χ3v) is 6.05. The highest BCUT2D eigenvalue weighted by molar-refractivity contribution is 5.88. The summed E-state index contributed by atoms with van der Waals surface area (Å²) in [5, 5.41) is 3.12. The highest BCUT2D eigenvalue weighted by atomic mass is 19.1. The number of carbonyl (C=O) groups is 2. The number of carbonyl (C=O) groups excluding carboxylic acids is 2. The summed E-state index contributed by atoms with van der Waals surface area (Å²) in [6.45, 7) is 5.84. The normalized spacial score (nSPS) is 14.8. The zero-order valence-corrected chi connectivity index (χ0v) is 19.2. The molecule has 0 radical (unpaired) electrons. The van der Waals surface area contributed by atoms with E-state index in [1.807, 2.05) is 39.0 Å². The van der Waals surface area contributed by atoms with Crippen molar-refractivity contribution in [2.75, 3.05) is 6.61 Å². The number of hydrogen-bond acceptors (Lipinski definition) is 3. The second-order valence-electron chi connectivity index (χ2n) is 8.62. The van der Waals surface area contributed by atoms with Crippen LogP contribution < -0.4 is 10.1 Å². The SMILES string of the molecule is CCC(C(=O)NC1CCCC1)N(Cc1ccc(F)cc1)C(=O)COc1cc(C)ccc1C. The van der Waals surface area contributed by atoms with Gasteiger partial charge in [-0.2, -0.15) is 0 Å². The highest BCUT2D eigenvalue weighted by Gasteiger charge is 2.31. The molecule has 1 aliphatic carbocycles. The van der Waals surface area contributed by atoms with E-state index < -0.39 is 6.04 Å². The van der Waals surface area contributed by atoms with Crippen LogP contribution in [0.25, 0.3) is 0 Å². The number of benzene rings is 2. The number of aryl methyl sites for hydroxylation is 2. The lowest BCUT2D eigenvalue weighted by Gasteiger charge is -2.31. The van der Waals surface area contributed by atoms with Crippen LogP contribution in [0.2, 0.25) is 0 Å². The largest absolute Gasteiger partial charge is 0.483 e. The van der Waals surface area contributed by atoms with Gasteiger partial charge in [0, 0.05) is 12.6 Å². The van der Waals surface area contributed by atoms with Crippen molar-refractivity contribution in [2.45, 2.75) is 71.5 Å². The summed E-state index contributed by atoms with van der Waals surface area (Å²) in [4.78, 5) is 27.9. The van der Waals surface area contributed by atoms with Crippen molar-refractivity contribution in [3.63, 3.8) is 0 Å². The standard InChI is InChI=1S/C26H33FN2O3/c1-4-23(26(31)28-22-7-5-6-8-22)29(16-20-11-13-21(27)14-12-20)25(30)17-32-24-15-18(2)9-10-19(24)3/h9-15,22-23H,4-8,16-17H2,1-3H3,(H,28,31). The Kier molecular flexibility index (Phi) is 8.26. The molecule has 2 amide bonds.